The normalized spacial score (nSPS) is 28.4. The Labute approximate surface area is 241 Å². The van der Waals surface area contributed by atoms with Gasteiger partial charge in [0.05, 0.1) is 24.0 Å². The van der Waals surface area contributed by atoms with Crippen LogP contribution < -0.4 is 11.1 Å². The van der Waals surface area contributed by atoms with Gasteiger partial charge in [0, 0.05) is 51.6 Å². The van der Waals surface area contributed by atoms with E-state index in [0.717, 1.165) is 0 Å². The number of carbonyl (C=O) groups excluding carboxylic acids is 2. The quantitative estimate of drug-likeness (QED) is 0.227. The maximum atomic E-state index is 12.9. The van der Waals surface area contributed by atoms with E-state index in [1.54, 1.807) is 46.3 Å². The molecule has 0 saturated carbocycles. The average Bonchev–Trinajstić information content (AvgIpc) is 2.91. The number of benzene rings is 1. The molecule has 0 spiro atoms. The highest BCUT2D eigenvalue weighted by Gasteiger charge is 2.33. The van der Waals surface area contributed by atoms with Gasteiger partial charge in [-0.15, -0.1) is 0 Å². The van der Waals surface area contributed by atoms with Crippen molar-refractivity contribution in [2.24, 2.45) is 17.6 Å². The number of primary amides is 1. The van der Waals surface area contributed by atoms with E-state index in [2.05, 4.69) is 5.32 Å². The number of hydrogen-bond acceptors (Lipinski definition) is 9. The third-order valence-electron chi connectivity index (χ3n) is 7.31. The zero-order chi connectivity index (χ0) is 30.9. The lowest BCUT2D eigenvalue weighted by Gasteiger charge is -2.33. The smallest absolute Gasteiger partial charge is 0.405 e. The summed E-state index contributed by atoms with van der Waals surface area (Å²) in [6.45, 7) is 7.29. The van der Waals surface area contributed by atoms with E-state index in [0.29, 0.717) is 23.1 Å². The van der Waals surface area contributed by atoms with Crippen molar-refractivity contribution in [1.82, 2.24) is 0 Å². The Morgan fingerprint density at radius 3 is 2.24 bits per heavy atom. The lowest BCUT2D eigenvalue weighted by atomic mass is 9.86. The highest BCUT2D eigenvalue weighted by atomic mass is 16.6. The molecule has 7 atom stereocenters. The van der Waals surface area contributed by atoms with Crippen LogP contribution in [-0.4, -0.2) is 75.1 Å². The molecule has 1 aliphatic heterocycles. The second-order valence-electron chi connectivity index (χ2n) is 10.3. The fourth-order valence-corrected chi connectivity index (χ4v) is 5.24. The second kappa shape index (κ2) is 15.6. The predicted molar refractivity (Wildman–Crippen MR) is 155 cm³/mol. The third kappa shape index (κ3) is 8.80. The number of phenolic OH excluding ortho intramolecular Hbond substituents is 2. The minimum atomic E-state index is -0.961. The standard InChI is InChI=1S/C30H44N2O9/c1-16-10-9-11-23(37-5)28(41-30(31)36)18(3)12-17(2)27(40-8)24(38-6)13-19(4)26(39-7)21-14-20(33)15-22(25(21)34)32-29(16)35/h9-12,14-15,17,19,23-24,26-28,33-34H,13H2,1-8H3,(H2,31,36)(H,32,35)/t17-,19-,23-,24?,26+,27+,28-/m0/s1. The van der Waals surface area contributed by atoms with Crippen molar-refractivity contribution in [3.8, 4) is 11.5 Å². The van der Waals surface area contributed by atoms with Gasteiger partial charge in [-0.1, -0.05) is 38.2 Å². The van der Waals surface area contributed by atoms with E-state index in [9.17, 15) is 19.8 Å². The Morgan fingerprint density at radius 2 is 1.68 bits per heavy atom. The molecule has 5 N–H and O–H groups in total. The summed E-state index contributed by atoms with van der Waals surface area (Å²) in [5, 5.41) is 24.2. The van der Waals surface area contributed by atoms with Gasteiger partial charge in [0.2, 0.25) is 0 Å². The zero-order valence-electron chi connectivity index (χ0n) is 25.0. The first-order valence-electron chi connectivity index (χ1n) is 13.4. The molecule has 0 aromatic heterocycles. The number of nitrogens with one attached hydrogen (secondary N) is 1. The number of phenols is 2. The summed E-state index contributed by atoms with van der Waals surface area (Å²) in [4.78, 5) is 24.7. The number of anilines is 1. The molecular weight excluding hydrogens is 532 g/mol. The molecule has 11 nitrogen and oxygen atoms in total. The van der Waals surface area contributed by atoms with Crippen LogP contribution in [0.3, 0.4) is 0 Å². The first-order valence-corrected chi connectivity index (χ1v) is 13.4. The summed E-state index contributed by atoms with van der Waals surface area (Å²) in [5.41, 5.74) is 6.71. The van der Waals surface area contributed by atoms with Gasteiger partial charge in [0.25, 0.3) is 5.91 Å². The van der Waals surface area contributed by atoms with Crippen molar-refractivity contribution in [1.29, 1.82) is 0 Å². The van der Waals surface area contributed by atoms with Crippen LogP contribution in [0.4, 0.5) is 10.5 Å². The molecule has 0 radical (unpaired) electrons. The first kappa shape index (κ1) is 33.8. The number of methoxy groups -OCH3 is 4. The molecule has 2 rings (SSSR count). The molecule has 1 unspecified atom stereocenters. The van der Waals surface area contributed by atoms with Crippen molar-refractivity contribution in [2.75, 3.05) is 33.8 Å². The predicted octanol–water partition coefficient (Wildman–Crippen LogP) is 4.36. The molecule has 0 fully saturated rings. The summed E-state index contributed by atoms with van der Waals surface area (Å²) >= 11 is 0. The minimum absolute atomic E-state index is 0.0325. The van der Waals surface area contributed by atoms with Crippen molar-refractivity contribution in [2.45, 2.75) is 64.6 Å². The van der Waals surface area contributed by atoms with Crippen molar-refractivity contribution >= 4 is 17.7 Å². The largest absolute Gasteiger partial charge is 0.508 e. The number of hydrogen-bond donors (Lipinski definition) is 4. The summed E-state index contributed by atoms with van der Waals surface area (Å²) in [5.74, 6) is -1.30. The van der Waals surface area contributed by atoms with Gasteiger partial charge in [-0.3, -0.25) is 4.79 Å². The summed E-state index contributed by atoms with van der Waals surface area (Å²) in [6.07, 6.45) is 3.14. The Morgan fingerprint density at radius 1 is 1.00 bits per heavy atom. The highest BCUT2D eigenvalue weighted by molar-refractivity contribution is 6.04. The lowest BCUT2D eigenvalue weighted by molar-refractivity contribution is -0.112. The molecule has 1 aliphatic rings. The molecule has 228 valence electrons. The molecule has 2 bridgehead atoms. The number of nitrogens with two attached hydrogens (primary N) is 1. The number of aromatic hydroxyl groups is 2. The molecule has 1 heterocycles. The van der Waals surface area contributed by atoms with Gasteiger partial charge in [-0.25, -0.2) is 4.79 Å². The highest BCUT2D eigenvalue weighted by Crippen LogP contribution is 2.41. The van der Waals surface area contributed by atoms with Gasteiger partial charge < -0.3 is 44.9 Å². The van der Waals surface area contributed by atoms with Gasteiger partial charge in [0.1, 0.15) is 17.6 Å². The monoisotopic (exact) mass is 576 g/mol. The van der Waals surface area contributed by atoms with Crippen LogP contribution in [0.5, 0.6) is 11.5 Å². The van der Waals surface area contributed by atoms with Crippen LogP contribution in [0.15, 0.2) is 47.6 Å². The molecule has 11 heteroatoms. The molecule has 1 aromatic rings. The fourth-order valence-electron chi connectivity index (χ4n) is 5.24. The topological polar surface area (TPSA) is 159 Å². The van der Waals surface area contributed by atoms with E-state index in [1.807, 2.05) is 19.9 Å². The van der Waals surface area contributed by atoms with Crippen molar-refractivity contribution < 1.29 is 43.5 Å². The van der Waals surface area contributed by atoms with Gasteiger partial charge in [0.15, 0.2) is 6.10 Å². The second-order valence-corrected chi connectivity index (χ2v) is 10.3. The van der Waals surface area contributed by atoms with Gasteiger partial charge in [-0.05, 0) is 37.8 Å². The van der Waals surface area contributed by atoms with Crippen LogP contribution in [0.25, 0.3) is 0 Å². The number of allylic oxidation sites excluding steroid dienone is 2. The Hall–Kier alpha value is -3.38. The number of ether oxygens (including phenoxy) is 5. The van der Waals surface area contributed by atoms with E-state index in [-0.39, 0.29) is 29.0 Å². The van der Waals surface area contributed by atoms with E-state index in [1.165, 1.54) is 26.4 Å². The fraction of sp³-hybridized carbons (Fsp3) is 0.533. The van der Waals surface area contributed by atoms with Crippen LogP contribution in [0, 0.1) is 11.8 Å². The minimum Gasteiger partial charge on any atom is -0.508 e. The number of fused-ring (bicyclic) bond motifs is 2. The van der Waals surface area contributed by atoms with Crippen LogP contribution in [-0.2, 0) is 28.5 Å². The van der Waals surface area contributed by atoms with Crippen LogP contribution >= 0.6 is 0 Å². The number of rotatable bonds is 5. The van der Waals surface area contributed by atoms with Crippen molar-refractivity contribution in [3.05, 3.63) is 53.1 Å². The molecule has 41 heavy (non-hydrogen) atoms. The Balaban J connectivity index is 2.71. The third-order valence-corrected chi connectivity index (χ3v) is 7.31. The SMILES string of the molecule is COC1C[C@H](C)[C@@H](OC)c2cc(O)cc(c2O)NC(=O)C(C)=CC=C[C@H](OC)[C@@H](OC(N)=O)C(C)=C[C@H](C)[C@H]1OC. The lowest BCUT2D eigenvalue weighted by Crippen LogP contribution is -2.38. The first-order chi connectivity index (χ1) is 19.4. The van der Waals surface area contributed by atoms with Crippen LogP contribution in [0.2, 0.25) is 0 Å². The maximum Gasteiger partial charge on any atom is 0.405 e. The molecule has 0 saturated heterocycles. The zero-order valence-corrected chi connectivity index (χ0v) is 25.0. The number of carbonyl (C=O) groups is 2. The summed E-state index contributed by atoms with van der Waals surface area (Å²) < 4.78 is 28.6. The van der Waals surface area contributed by atoms with E-state index >= 15 is 0 Å². The number of amides is 2. The van der Waals surface area contributed by atoms with Crippen LogP contribution in [0.1, 0.15) is 45.8 Å². The maximum absolute atomic E-state index is 12.9. The Bertz CT molecular complexity index is 1150. The van der Waals surface area contributed by atoms with Gasteiger partial charge in [-0.2, -0.15) is 0 Å². The van der Waals surface area contributed by atoms with E-state index in [4.69, 9.17) is 29.4 Å². The molecule has 2 amide bonds. The molecular formula is C30H44N2O9. The summed E-state index contributed by atoms with van der Waals surface area (Å²) in [6, 6.07) is 2.68. The van der Waals surface area contributed by atoms with Crippen molar-refractivity contribution in [3.63, 3.8) is 0 Å². The Kier molecular flexibility index (Phi) is 12.8. The van der Waals surface area contributed by atoms with Gasteiger partial charge >= 0.3 is 6.09 Å². The summed E-state index contributed by atoms with van der Waals surface area (Å²) in [7, 11) is 6.15. The molecule has 0 aliphatic carbocycles. The van der Waals surface area contributed by atoms with E-state index < -0.39 is 42.5 Å². The molecule has 1 aromatic carbocycles. The average molecular weight is 577 g/mol.